The average Bonchev–Trinajstić information content (AvgIpc) is 3.06. The minimum absolute atomic E-state index is 0.103. The standard InChI is InChI=1S/C18H19N5O2/c19-13-3-6-16-15(11-13)17(22-21-16)12-1-4-14(5-2-12)20-18(24)23-7-9-25-10-8-23/h1-6,11H,7-10,19H2,(H,20,24)(H,21,22). The van der Waals surface area contributed by atoms with E-state index in [-0.39, 0.29) is 6.03 Å². The molecule has 1 saturated heterocycles. The van der Waals surface area contributed by atoms with Gasteiger partial charge in [-0.05, 0) is 30.3 Å². The summed E-state index contributed by atoms with van der Waals surface area (Å²) in [7, 11) is 0. The van der Waals surface area contributed by atoms with Crippen LogP contribution in [0, 0.1) is 0 Å². The molecular formula is C18H19N5O2. The molecule has 2 aromatic carbocycles. The average molecular weight is 337 g/mol. The number of rotatable bonds is 2. The van der Waals surface area contributed by atoms with Crippen LogP contribution in [-0.2, 0) is 4.74 Å². The van der Waals surface area contributed by atoms with E-state index in [1.807, 2.05) is 42.5 Å². The molecule has 25 heavy (non-hydrogen) atoms. The van der Waals surface area contributed by atoms with Gasteiger partial charge in [0.05, 0.1) is 24.4 Å². The van der Waals surface area contributed by atoms with Gasteiger partial charge in [-0.2, -0.15) is 5.10 Å². The number of nitrogens with zero attached hydrogens (tertiary/aromatic N) is 2. The van der Waals surface area contributed by atoms with Crippen LogP contribution in [-0.4, -0.2) is 47.4 Å². The highest BCUT2D eigenvalue weighted by molar-refractivity contribution is 5.95. The van der Waals surface area contributed by atoms with Gasteiger partial charge >= 0.3 is 6.03 Å². The number of urea groups is 1. The fourth-order valence-electron chi connectivity index (χ4n) is 2.93. The second-order valence-corrected chi connectivity index (χ2v) is 5.98. The van der Waals surface area contributed by atoms with E-state index in [1.165, 1.54) is 0 Å². The highest BCUT2D eigenvalue weighted by atomic mass is 16.5. The number of amides is 2. The first-order chi connectivity index (χ1) is 12.2. The number of fused-ring (bicyclic) bond motifs is 1. The van der Waals surface area contributed by atoms with E-state index >= 15 is 0 Å². The molecular weight excluding hydrogens is 318 g/mol. The normalized spacial score (nSPS) is 14.6. The summed E-state index contributed by atoms with van der Waals surface area (Å²) in [6.07, 6.45) is 0. The van der Waals surface area contributed by atoms with Gasteiger partial charge in [-0.1, -0.05) is 12.1 Å². The third-order valence-corrected chi connectivity index (χ3v) is 4.29. The van der Waals surface area contributed by atoms with Crippen molar-refractivity contribution >= 4 is 28.3 Å². The molecule has 0 saturated carbocycles. The number of nitrogens with one attached hydrogen (secondary N) is 2. The molecule has 0 spiro atoms. The Hall–Kier alpha value is -3.06. The zero-order chi connectivity index (χ0) is 17.2. The van der Waals surface area contributed by atoms with Gasteiger partial charge in [-0.25, -0.2) is 4.79 Å². The molecule has 3 aromatic rings. The summed E-state index contributed by atoms with van der Waals surface area (Å²) in [5.74, 6) is 0. The number of ether oxygens (including phenoxy) is 1. The number of hydrogen-bond donors (Lipinski definition) is 3. The lowest BCUT2D eigenvalue weighted by atomic mass is 10.1. The van der Waals surface area contributed by atoms with Crippen LogP contribution in [0.3, 0.4) is 0 Å². The summed E-state index contributed by atoms with van der Waals surface area (Å²) in [5.41, 5.74) is 10.1. The molecule has 2 amide bonds. The summed E-state index contributed by atoms with van der Waals surface area (Å²) in [6.45, 7) is 2.40. The number of benzene rings is 2. The quantitative estimate of drug-likeness (QED) is 0.626. The highest BCUT2D eigenvalue weighted by Gasteiger charge is 2.16. The maximum Gasteiger partial charge on any atom is 0.321 e. The lowest BCUT2D eigenvalue weighted by Gasteiger charge is -2.26. The van der Waals surface area contributed by atoms with Gasteiger partial charge in [0.1, 0.15) is 0 Å². The zero-order valence-electron chi connectivity index (χ0n) is 13.7. The molecule has 7 nitrogen and oxygen atoms in total. The number of nitrogen functional groups attached to an aromatic ring is 1. The van der Waals surface area contributed by atoms with Crippen molar-refractivity contribution in [3.8, 4) is 11.3 Å². The number of nitrogens with two attached hydrogens (primary N) is 1. The third-order valence-electron chi connectivity index (χ3n) is 4.29. The van der Waals surface area contributed by atoms with E-state index in [9.17, 15) is 4.79 Å². The molecule has 1 aliphatic rings. The minimum Gasteiger partial charge on any atom is -0.399 e. The molecule has 4 N–H and O–H groups in total. The van der Waals surface area contributed by atoms with Gasteiger partial charge in [0.15, 0.2) is 0 Å². The summed E-state index contributed by atoms with van der Waals surface area (Å²) >= 11 is 0. The summed E-state index contributed by atoms with van der Waals surface area (Å²) in [6, 6.07) is 13.2. The van der Waals surface area contributed by atoms with Gasteiger partial charge in [0, 0.05) is 35.4 Å². The fourth-order valence-corrected chi connectivity index (χ4v) is 2.93. The fraction of sp³-hybridized carbons (Fsp3) is 0.222. The molecule has 128 valence electrons. The van der Waals surface area contributed by atoms with Crippen LogP contribution in [0.4, 0.5) is 16.2 Å². The largest absolute Gasteiger partial charge is 0.399 e. The minimum atomic E-state index is -0.103. The number of hydrogen-bond acceptors (Lipinski definition) is 4. The molecule has 0 bridgehead atoms. The number of morpholine rings is 1. The smallest absolute Gasteiger partial charge is 0.321 e. The summed E-state index contributed by atoms with van der Waals surface area (Å²) < 4.78 is 5.26. The van der Waals surface area contributed by atoms with Crippen molar-refractivity contribution in [2.24, 2.45) is 0 Å². The first-order valence-electron chi connectivity index (χ1n) is 8.18. The highest BCUT2D eigenvalue weighted by Crippen LogP contribution is 2.28. The number of aromatic nitrogens is 2. The Morgan fingerprint density at radius 3 is 2.68 bits per heavy atom. The molecule has 2 heterocycles. The van der Waals surface area contributed by atoms with E-state index in [0.717, 1.165) is 27.8 Å². The second kappa shape index (κ2) is 6.45. The molecule has 0 unspecified atom stereocenters. The Bertz CT molecular complexity index is 897. The predicted molar refractivity (Wildman–Crippen MR) is 97.4 cm³/mol. The van der Waals surface area contributed by atoms with E-state index in [2.05, 4.69) is 15.5 Å². The van der Waals surface area contributed by atoms with Crippen molar-refractivity contribution in [1.82, 2.24) is 15.1 Å². The first-order valence-corrected chi connectivity index (χ1v) is 8.18. The maximum absolute atomic E-state index is 12.2. The van der Waals surface area contributed by atoms with Crippen molar-refractivity contribution in [3.63, 3.8) is 0 Å². The monoisotopic (exact) mass is 337 g/mol. The van der Waals surface area contributed by atoms with Gasteiger partial charge in [-0.15, -0.1) is 0 Å². The summed E-state index contributed by atoms with van der Waals surface area (Å²) in [4.78, 5) is 14.0. The number of H-pyrrole nitrogens is 1. The molecule has 4 rings (SSSR count). The molecule has 1 aliphatic heterocycles. The number of aromatic amines is 1. The van der Waals surface area contributed by atoms with E-state index in [4.69, 9.17) is 10.5 Å². The van der Waals surface area contributed by atoms with Crippen molar-refractivity contribution in [3.05, 3.63) is 42.5 Å². The number of carbonyl (C=O) groups excluding carboxylic acids is 1. The van der Waals surface area contributed by atoms with Crippen LogP contribution in [0.2, 0.25) is 0 Å². The van der Waals surface area contributed by atoms with Crippen LogP contribution in [0.15, 0.2) is 42.5 Å². The van der Waals surface area contributed by atoms with Crippen LogP contribution in [0.5, 0.6) is 0 Å². The zero-order valence-corrected chi connectivity index (χ0v) is 13.7. The van der Waals surface area contributed by atoms with Crippen molar-refractivity contribution in [1.29, 1.82) is 0 Å². The molecule has 7 heteroatoms. The number of anilines is 2. The second-order valence-electron chi connectivity index (χ2n) is 5.98. The van der Waals surface area contributed by atoms with Gasteiger partial charge < -0.3 is 20.7 Å². The predicted octanol–water partition coefficient (Wildman–Crippen LogP) is 2.68. The van der Waals surface area contributed by atoms with E-state index in [1.54, 1.807) is 4.90 Å². The molecule has 0 aliphatic carbocycles. The van der Waals surface area contributed by atoms with Crippen LogP contribution >= 0.6 is 0 Å². The topological polar surface area (TPSA) is 96.3 Å². The van der Waals surface area contributed by atoms with E-state index < -0.39 is 0 Å². The van der Waals surface area contributed by atoms with E-state index in [0.29, 0.717) is 32.0 Å². The molecule has 0 atom stereocenters. The molecule has 1 fully saturated rings. The Morgan fingerprint density at radius 1 is 1.16 bits per heavy atom. The lowest BCUT2D eigenvalue weighted by molar-refractivity contribution is 0.0564. The van der Waals surface area contributed by atoms with Crippen molar-refractivity contribution in [2.75, 3.05) is 37.4 Å². The molecule has 0 radical (unpaired) electrons. The third kappa shape index (κ3) is 3.14. The lowest BCUT2D eigenvalue weighted by Crippen LogP contribution is -2.43. The Balaban J connectivity index is 1.53. The van der Waals surface area contributed by atoms with Crippen LogP contribution < -0.4 is 11.1 Å². The van der Waals surface area contributed by atoms with Crippen molar-refractivity contribution < 1.29 is 9.53 Å². The van der Waals surface area contributed by atoms with Gasteiger partial charge in [0.2, 0.25) is 0 Å². The molecule has 1 aromatic heterocycles. The Kier molecular flexibility index (Phi) is 3.99. The Labute approximate surface area is 144 Å². The SMILES string of the molecule is Nc1ccc2[nH]nc(-c3ccc(NC(=O)N4CCOCC4)cc3)c2c1. The van der Waals surface area contributed by atoms with Gasteiger partial charge in [-0.3, -0.25) is 5.10 Å². The van der Waals surface area contributed by atoms with Crippen LogP contribution in [0.1, 0.15) is 0 Å². The van der Waals surface area contributed by atoms with Crippen LogP contribution in [0.25, 0.3) is 22.2 Å². The van der Waals surface area contributed by atoms with Crippen molar-refractivity contribution in [2.45, 2.75) is 0 Å². The maximum atomic E-state index is 12.2. The Morgan fingerprint density at radius 2 is 1.92 bits per heavy atom. The number of carbonyl (C=O) groups is 1. The first kappa shape index (κ1) is 15.5. The van der Waals surface area contributed by atoms with Gasteiger partial charge in [0.25, 0.3) is 0 Å². The summed E-state index contributed by atoms with van der Waals surface area (Å²) in [5, 5.41) is 11.3.